The van der Waals surface area contributed by atoms with Crippen LogP contribution in [0.25, 0.3) is 0 Å². The van der Waals surface area contributed by atoms with Crippen LogP contribution in [0.3, 0.4) is 0 Å². The Hall–Kier alpha value is 0.267. The maximum atomic E-state index is 10.3. The fourth-order valence-corrected chi connectivity index (χ4v) is 2.88. The molecule has 16 nitrogen and oxygen atoms in total. The van der Waals surface area contributed by atoms with E-state index in [-0.39, 0.29) is 35.3 Å². The van der Waals surface area contributed by atoms with Gasteiger partial charge in [-0.1, -0.05) is 0 Å². The van der Waals surface area contributed by atoms with Gasteiger partial charge in [0.1, 0.15) is 0 Å². The molecule has 0 aliphatic rings. The number of alkyl halides is 6. The van der Waals surface area contributed by atoms with Gasteiger partial charge in [-0.2, -0.15) is 7.82 Å². The summed E-state index contributed by atoms with van der Waals surface area (Å²) < 4.78 is 34.8. The zero-order chi connectivity index (χ0) is 30.6. The number of hydrogen-bond donors (Lipinski definition) is 0. The Bertz CT molecular complexity index is 623. The third kappa shape index (κ3) is 49.2. The zero-order valence-electron chi connectivity index (χ0n) is 18.2. The standard InChI is InChI=1S/6C2H3ClO2.3Al.H3O4P/c6*3-1-2(4)5;;;;1-5(2,3)4/h6*1H2,(H,4,5);;;;(H3,1,2,3,4)/q;;;;;;3*+3;/p-9. The second-order valence-electron chi connectivity index (χ2n) is 4.48. The van der Waals surface area contributed by atoms with Gasteiger partial charge in [-0.25, -0.2) is 0 Å². The summed E-state index contributed by atoms with van der Waals surface area (Å²) in [5.41, 5.74) is 0. The van der Waals surface area contributed by atoms with Crippen LogP contribution in [0.15, 0.2) is 0 Å². The molecule has 212 valence electrons. The number of rotatable bonds is 12. The van der Waals surface area contributed by atoms with E-state index in [1.165, 1.54) is 0 Å². The van der Waals surface area contributed by atoms with Gasteiger partial charge in [-0.05, 0) is 0 Å². The molecule has 0 heterocycles. The molecule has 0 aromatic heterocycles. The largest absolute Gasteiger partial charge is 0.822 e. The van der Waals surface area contributed by atoms with Crippen LogP contribution in [-0.2, 0) is 56.1 Å². The molecule has 0 saturated heterocycles. The molecule has 0 aliphatic heterocycles. The quantitative estimate of drug-likeness (QED) is 0.114. The van der Waals surface area contributed by atoms with Crippen LogP contribution in [0.5, 0.6) is 0 Å². The summed E-state index contributed by atoms with van der Waals surface area (Å²) in [7, 11) is -5.39. The van der Waals surface area contributed by atoms with E-state index in [2.05, 4.69) is 22.7 Å². The molecule has 0 atom stereocenters. The minimum absolute atomic E-state index is 0.245. The monoisotopic (exact) mass is 734 g/mol. The Balaban J connectivity index is -0.000000209. The van der Waals surface area contributed by atoms with Crippen LogP contribution in [0.1, 0.15) is 0 Å². The van der Waals surface area contributed by atoms with Gasteiger partial charge in [-0.15, -0.1) is 0 Å². The summed E-state index contributed by atoms with van der Waals surface area (Å²) in [5, 5.41) is 0. The van der Waals surface area contributed by atoms with E-state index < -0.39 is 91.3 Å². The van der Waals surface area contributed by atoms with Crippen molar-refractivity contribution >= 4 is 161 Å². The molecule has 26 heteroatoms. The van der Waals surface area contributed by atoms with Gasteiger partial charge in [0, 0.05) is 0 Å². The number of phosphoric acid groups is 1. The summed E-state index contributed by atoms with van der Waals surface area (Å²) in [4.78, 5) is 87.6. The van der Waals surface area contributed by atoms with Gasteiger partial charge >= 0.3 is 240 Å². The third-order valence-electron chi connectivity index (χ3n) is 1.73. The third-order valence-corrected chi connectivity index (χ3v) is 5.20. The van der Waals surface area contributed by atoms with E-state index in [0.717, 1.165) is 0 Å². The van der Waals surface area contributed by atoms with E-state index in [4.69, 9.17) is 88.9 Å². The molecule has 0 spiro atoms. The van der Waals surface area contributed by atoms with E-state index in [0.29, 0.717) is 0 Å². The average Bonchev–Trinajstić information content (AvgIpc) is 2.87. The average molecular weight is 737 g/mol. The fraction of sp³-hybridized carbons (Fsp3) is 0.500. The molecule has 0 N–H and O–H groups in total. The van der Waals surface area contributed by atoms with Crippen molar-refractivity contribution in [3.8, 4) is 0 Å². The van der Waals surface area contributed by atoms with Crippen LogP contribution in [0.4, 0.5) is 0 Å². The Morgan fingerprint density at radius 1 is 0.447 bits per heavy atom. The van der Waals surface area contributed by atoms with Gasteiger partial charge in [-0.3, -0.25) is 0 Å². The summed E-state index contributed by atoms with van der Waals surface area (Å²) in [6.45, 7) is 0. The first-order valence-corrected chi connectivity index (χ1v) is 15.8. The molecular weight excluding hydrogens is 725 g/mol. The first-order valence-electron chi connectivity index (χ1n) is 8.32. The van der Waals surface area contributed by atoms with Crippen molar-refractivity contribution in [3.05, 3.63) is 0 Å². The second-order valence-corrected chi connectivity index (χ2v) is 8.97. The van der Waals surface area contributed by atoms with Crippen molar-refractivity contribution in [2.45, 2.75) is 0 Å². The summed E-state index contributed by atoms with van der Waals surface area (Å²) in [6.07, 6.45) is 0. The molecule has 0 aromatic rings. The number of carbonyl (C=O) groups is 6. The maximum Gasteiger partial charge on any atom is -0.159 e. The van der Waals surface area contributed by atoms with Gasteiger partial charge in [0.05, 0.1) is 0 Å². The van der Waals surface area contributed by atoms with Crippen LogP contribution >= 0.6 is 77.4 Å². The first kappa shape index (κ1) is 45.3. The molecule has 38 heavy (non-hydrogen) atoms. The molecule has 0 amide bonds. The smallest absolute Gasteiger partial charge is 0.159 e. The number of hydrogen-bond acceptors (Lipinski definition) is 16. The number of halogens is 6. The summed E-state index contributed by atoms with van der Waals surface area (Å²) >= 11 is 27.1. The van der Waals surface area contributed by atoms with Gasteiger partial charge in [0.15, 0.2) is 0 Å². The van der Waals surface area contributed by atoms with Crippen LogP contribution in [0, 0.1) is 0 Å². The Kier molecular flexibility index (Phi) is 37.9. The van der Waals surface area contributed by atoms with Crippen LogP contribution in [0.2, 0.25) is 0 Å². The van der Waals surface area contributed by atoms with E-state index in [1.807, 2.05) is 0 Å². The molecule has 0 rings (SSSR count). The maximum absolute atomic E-state index is 10.3. The number of carbonyl (C=O) groups excluding carboxylic acids is 6. The zero-order valence-corrected chi connectivity index (χ0v) is 27.1. The van der Waals surface area contributed by atoms with E-state index >= 15 is 0 Å². The fourth-order valence-electron chi connectivity index (χ4n) is 0.583. The molecule has 0 aromatic carbocycles. The normalized spacial score (nSPS) is 8.66. The Morgan fingerprint density at radius 2 is 0.553 bits per heavy atom. The minimum atomic E-state index is -5.39. The molecule has 0 saturated carbocycles. The predicted molar refractivity (Wildman–Crippen MR) is 126 cm³/mol. The molecule has 0 radical (unpaired) electrons. The van der Waals surface area contributed by atoms with Crippen LogP contribution < -0.4 is 14.7 Å². The van der Waals surface area contributed by atoms with Crippen LogP contribution in [-0.4, -0.2) is 119 Å². The minimum Gasteiger partial charge on any atom is -0.822 e. The SMILES string of the molecule is O=C(CCl)[O][Al+][O]C(=O)CCl.O=C(CCl)[O][Al+][O]C(=O)CCl.O=C(CCl)[O][Al+][O]C(=O)CCl.O=P([O-])([O-])[O-]. The van der Waals surface area contributed by atoms with Gasteiger partial charge in [0.25, 0.3) is 0 Å². The Morgan fingerprint density at radius 3 is 0.632 bits per heavy atom. The van der Waals surface area contributed by atoms with Crippen molar-refractivity contribution < 1.29 is 70.7 Å². The predicted octanol–water partition coefficient (Wildman–Crippen LogP) is -2.57. The molecule has 0 fully saturated rings. The van der Waals surface area contributed by atoms with Crippen molar-refractivity contribution in [1.82, 2.24) is 0 Å². The molecule has 0 unspecified atom stereocenters. The topological polar surface area (TPSA) is 244 Å². The first-order chi connectivity index (χ1) is 17.6. The second kappa shape index (κ2) is 31.8. The van der Waals surface area contributed by atoms with Crippen molar-refractivity contribution in [2.24, 2.45) is 0 Å². The van der Waals surface area contributed by atoms with E-state index in [9.17, 15) is 28.8 Å². The summed E-state index contributed by atoms with van der Waals surface area (Å²) in [6, 6.07) is 0. The molecule has 0 bridgehead atoms. The van der Waals surface area contributed by atoms with E-state index in [1.54, 1.807) is 0 Å². The van der Waals surface area contributed by atoms with Crippen molar-refractivity contribution in [2.75, 3.05) is 35.3 Å². The molecule has 0 aliphatic carbocycles. The van der Waals surface area contributed by atoms with Gasteiger partial charge < -0.3 is 19.2 Å². The van der Waals surface area contributed by atoms with Crippen molar-refractivity contribution in [3.63, 3.8) is 0 Å². The van der Waals surface area contributed by atoms with Gasteiger partial charge in [0.2, 0.25) is 0 Å². The molecular formula is C12H12Al3Cl6O16P. The summed E-state index contributed by atoms with van der Waals surface area (Å²) in [5.74, 6) is -5.11. The Labute approximate surface area is 265 Å². The van der Waals surface area contributed by atoms with Crippen molar-refractivity contribution in [1.29, 1.82) is 0 Å².